The maximum absolute atomic E-state index is 5.99. The van der Waals surface area contributed by atoms with Gasteiger partial charge in [0.05, 0.1) is 6.33 Å². The van der Waals surface area contributed by atoms with Crippen molar-refractivity contribution in [1.29, 1.82) is 0 Å². The van der Waals surface area contributed by atoms with E-state index in [4.69, 9.17) is 11.6 Å². The Hall–Kier alpha value is -1.36. The van der Waals surface area contributed by atoms with Crippen molar-refractivity contribution in [3.8, 4) is 0 Å². The predicted octanol–water partition coefficient (Wildman–Crippen LogP) is 2.42. The lowest BCUT2D eigenvalue weighted by Gasteiger charge is -2.17. The number of aromatic amines is 1. The summed E-state index contributed by atoms with van der Waals surface area (Å²) in [6.07, 6.45) is 6.97. The third-order valence-electron chi connectivity index (χ3n) is 3.77. The van der Waals surface area contributed by atoms with E-state index in [1.807, 2.05) is 0 Å². The Balaban J connectivity index is 1.71. The van der Waals surface area contributed by atoms with E-state index >= 15 is 0 Å². The molecule has 2 atom stereocenters. The average Bonchev–Trinajstić information content (AvgIpc) is 3.04. The minimum Gasteiger partial charge on any atom is -0.368 e. The molecule has 0 radical (unpaired) electrons. The number of hydrogen-bond acceptors (Lipinski definition) is 4. The van der Waals surface area contributed by atoms with E-state index in [9.17, 15) is 0 Å². The fourth-order valence-corrected chi connectivity index (χ4v) is 3.12. The number of halogens is 1. The third kappa shape index (κ3) is 2.14. The number of H-pyrrole nitrogens is 1. The van der Waals surface area contributed by atoms with Gasteiger partial charge in [-0.15, -0.1) is 11.6 Å². The molecule has 0 aliphatic heterocycles. The summed E-state index contributed by atoms with van der Waals surface area (Å²) in [5.74, 6) is 2.88. The Morgan fingerprint density at radius 3 is 3.06 bits per heavy atom. The van der Waals surface area contributed by atoms with Crippen LogP contribution < -0.4 is 5.32 Å². The Labute approximate surface area is 110 Å². The molecule has 6 heteroatoms. The van der Waals surface area contributed by atoms with E-state index in [-0.39, 0.29) is 0 Å². The molecule has 18 heavy (non-hydrogen) atoms. The molecule has 2 aromatic rings. The number of aromatic nitrogens is 4. The minimum absolute atomic E-state index is 0.637. The van der Waals surface area contributed by atoms with Crippen molar-refractivity contribution in [2.24, 2.45) is 11.8 Å². The van der Waals surface area contributed by atoms with E-state index in [1.54, 1.807) is 12.7 Å². The molecule has 96 valence electrons. The topological polar surface area (TPSA) is 66.5 Å². The molecule has 1 saturated carbocycles. The zero-order valence-electron chi connectivity index (χ0n) is 10.1. The van der Waals surface area contributed by atoms with Crippen molar-refractivity contribution >= 4 is 28.6 Å². The lowest BCUT2D eigenvalue weighted by molar-refractivity contribution is 0.444. The van der Waals surface area contributed by atoms with Crippen LogP contribution in [0.25, 0.3) is 11.2 Å². The van der Waals surface area contributed by atoms with Gasteiger partial charge in [0.2, 0.25) is 0 Å². The van der Waals surface area contributed by atoms with Gasteiger partial charge in [0.15, 0.2) is 11.5 Å². The molecule has 0 spiro atoms. The number of alkyl halides is 1. The van der Waals surface area contributed by atoms with Gasteiger partial charge < -0.3 is 10.3 Å². The van der Waals surface area contributed by atoms with Crippen LogP contribution in [0, 0.1) is 11.8 Å². The summed E-state index contributed by atoms with van der Waals surface area (Å²) in [5.41, 5.74) is 1.57. The zero-order valence-corrected chi connectivity index (χ0v) is 10.8. The molecule has 2 aromatic heterocycles. The molecule has 2 N–H and O–H groups in total. The van der Waals surface area contributed by atoms with Crippen LogP contribution in [0.4, 0.5) is 5.82 Å². The van der Waals surface area contributed by atoms with E-state index < -0.39 is 0 Å². The van der Waals surface area contributed by atoms with Crippen LogP contribution in [0.5, 0.6) is 0 Å². The summed E-state index contributed by atoms with van der Waals surface area (Å²) in [4.78, 5) is 15.5. The van der Waals surface area contributed by atoms with Gasteiger partial charge in [-0.05, 0) is 24.7 Å². The number of imidazole rings is 1. The molecule has 1 fully saturated rings. The molecule has 0 bridgehead atoms. The van der Waals surface area contributed by atoms with Crippen LogP contribution in [0.15, 0.2) is 12.7 Å². The van der Waals surface area contributed by atoms with E-state index in [0.29, 0.717) is 17.5 Å². The van der Waals surface area contributed by atoms with Crippen LogP contribution >= 0.6 is 11.6 Å². The lowest BCUT2D eigenvalue weighted by atomic mass is 9.98. The van der Waals surface area contributed by atoms with Crippen molar-refractivity contribution in [2.45, 2.75) is 19.3 Å². The second kappa shape index (κ2) is 5.10. The van der Waals surface area contributed by atoms with E-state index in [2.05, 4.69) is 25.3 Å². The maximum Gasteiger partial charge on any atom is 0.182 e. The monoisotopic (exact) mass is 265 g/mol. The summed E-state index contributed by atoms with van der Waals surface area (Å²) < 4.78 is 0. The van der Waals surface area contributed by atoms with Crippen molar-refractivity contribution in [3.05, 3.63) is 12.7 Å². The predicted molar refractivity (Wildman–Crippen MR) is 71.7 cm³/mol. The summed E-state index contributed by atoms with van der Waals surface area (Å²) >= 11 is 5.99. The van der Waals surface area contributed by atoms with Crippen LogP contribution in [0.1, 0.15) is 19.3 Å². The number of anilines is 1. The molecule has 2 heterocycles. The van der Waals surface area contributed by atoms with Gasteiger partial charge in [-0.3, -0.25) is 0 Å². The fraction of sp³-hybridized carbons (Fsp3) is 0.583. The van der Waals surface area contributed by atoms with Gasteiger partial charge in [0, 0.05) is 12.4 Å². The first kappa shape index (κ1) is 11.7. The van der Waals surface area contributed by atoms with Crippen molar-refractivity contribution in [3.63, 3.8) is 0 Å². The van der Waals surface area contributed by atoms with Gasteiger partial charge >= 0.3 is 0 Å². The number of nitrogens with one attached hydrogen (secondary N) is 2. The van der Waals surface area contributed by atoms with Gasteiger partial charge in [0.1, 0.15) is 11.8 Å². The highest BCUT2D eigenvalue weighted by molar-refractivity contribution is 6.18. The summed E-state index contributed by atoms with van der Waals surface area (Å²) in [6, 6.07) is 0. The van der Waals surface area contributed by atoms with Gasteiger partial charge in [-0.1, -0.05) is 6.42 Å². The molecule has 3 rings (SSSR count). The first-order chi connectivity index (χ1) is 8.88. The number of hydrogen-bond donors (Lipinski definition) is 2. The molecular formula is C12H16ClN5. The Morgan fingerprint density at radius 1 is 1.28 bits per heavy atom. The quantitative estimate of drug-likeness (QED) is 0.833. The smallest absolute Gasteiger partial charge is 0.182 e. The zero-order chi connectivity index (χ0) is 12.4. The van der Waals surface area contributed by atoms with Crippen LogP contribution in [0.2, 0.25) is 0 Å². The van der Waals surface area contributed by atoms with Crippen molar-refractivity contribution in [1.82, 2.24) is 19.9 Å². The fourth-order valence-electron chi connectivity index (χ4n) is 2.71. The molecule has 2 unspecified atom stereocenters. The number of nitrogens with zero attached hydrogens (tertiary/aromatic N) is 3. The highest BCUT2D eigenvalue weighted by atomic mass is 35.5. The summed E-state index contributed by atoms with van der Waals surface area (Å²) in [5, 5.41) is 3.40. The summed E-state index contributed by atoms with van der Waals surface area (Å²) in [7, 11) is 0. The largest absolute Gasteiger partial charge is 0.368 e. The van der Waals surface area contributed by atoms with Crippen molar-refractivity contribution in [2.75, 3.05) is 17.7 Å². The first-order valence-electron chi connectivity index (χ1n) is 6.32. The van der Waals surface area contributed by atoms with Crippen LogP contribution in [-0.2, 0) is 0 Å². The molecule has 0 saturated heterocycles. The first-order valence-corrected chi connectivity index (χ1v) is 6.86. The minimum atomic E-state index is 0.637. The lowest BCUT2D eigenvalue weighted by Crippen LogP contribution is -2.20. The maximum atomic E-state index is 5.99. The Bertz CT molecular complexity index is 526. The van der Waals surface area contributed by atoms with Crippen LogP contribution in [-0.4, -0.2) is 32.4 Å². The van der Waals surface area contributed by atoms with Gasteiger partial charge in [-0.2, -0.15) is 0 Å². The normalized spacial score (nSPS) is 23.6. The Kier molecular flexibility index (Phi) is 3.32. The second-order valence-corrected chi connectivity index (χ2v) is 5.12. The van der Waals surface area contributed by atoms with E-state index in [1.165, 1.54) is 19.3 Å². The van der Waals surface area contributed by atoms with Crippen LogP contribution in [0.3, 0.4) is 0 Å². The van der Waals surface area contributed by atoms with Gasteiger partial charge in [0.25, 0.3) is 0 Å². The SMILES string of the molecule is ClCC1CCCC1CNc1ncnc2nc[nH]c12. The number of fused-ring (bicyclic) bond motifs is 1. The average molecular weight is 266 g/mol. The molecule has 0 amide bonds. The molecule has 1 aliphatic rings. The third-order valence-corrected chi connectivity index (χ3v) is 4.17. The highest BCUT2D eigenvalue weighted by Gasteiger charge is 2.26. The summed E-state index contributed by atoms with van der Waals surface area (Å²) in [6.45, 7) is 0.919. The molecule has 0 aromatic carbocycles. The standard InChI is InChI=1S/C12H16ClN5/c13-4-8-2-1-3-9(8)5-14-11-10-12(16-6-15-10)18-7-17-11/h6-9H,1-5H2,(H2,14,15,16,17,18). The highest BCUT2D eigenvalue weighted by Crippen LogP contribution is 2.32. The molecular weight excluding hydrogens is 250 g/mol. The van der Waals surface area contributed by atoms with E-state index in [0.717, 1.165) is 23.8 Å². The van der Waals surface area contributed by atoms with Crippen molar-refractivity contribution < 1.29 is 0 Å². The van der Waals surface area contributed by atoms with Gasteiger partial charge in [-0.25, -0.2) is 15.0 Å². The Morgan fingerprint density at radius 2 is 2.17 bits per heavy atom. The second-order valence-electron chi connectivity index (χ2n) is 4.81. The number of rotatable bonds is 4. The molecule has 1 aliphatic carbocycles. The molecule has 5 nitrogen and oxygen atoms in total.